The van der Waals surface area contributed by atoms with E-state index in [2.05, 4.69) is 239 Å². The van der Waals surface area contributed by atoms with E-state index in [1.54, 1.807) is 0 Å². The standard InChI is InChI=1S/C62H66N4O.Pt/c1-58(2,3)41-20-16-19-40(31-41)50-23-18-24-54-57(50)65(47-33-44(61(10,11)12)32-45(34-47)62(13,14)15)39-64(54)46-21-17-22-48(37-46)67-49-26-27-51-52-35-42(59(4,5)6)25-28-53(52)66(55(51)38-49)56-36-43(29-30-63-56)60(7,8)9;/h16-36H,1-15H3;/q;+2. The third-order valence-corrected chi connectivity index (χ3v) is 13.2. The zero-order valence-electron chi connectivity index (χ0n) is 42.6. The third kappa shape index (κ3) is 9.33. The maximum atomic E-state index is 6.76. The first-order valence-electron chi connectivity index (χ1n) is 23.8. The number of aromatic nitrogens is 2. The van der Waals surface area contributed by atoms with E-state index in [1.807, 2.05) is 24.4 Å². The van der Waals surface area contributed by atoms with Crippen LogP contribution in [0.15, 0.2) is 128 Å². The van der Waals surface area contributed by atoms with Gasteiger partial charge in [0.05, 0.1) is 5.56 Å². The molecule has 0 radical (unpaired) electrons. The monoisotopic (exact) mass is 1080 g/mol. The fourth-order valence-electron chi connectivity index (χ4n) is 8.95. The molecule has 3 heterocycles. The fourth-order valence-corrected chi connectivity index (χ4v) is 8.95. The van der Waals surface area contributed by atoms with Crippen molar-refractivity contribution in [2.45, 2.75) is 131 Å². The summed E-state index contributed by atoms with van der Waals surface area (Å²) in [4.78, 5) is 4.94. The molecule has 0 N–H and O–H groups in total. The Labute approximate surface area is 419 Å². The second-order valence-electron chi connectivity index (χ2n) is 23.6. The maximum Gasteiger partial charge on any atom is 2.00 e. The minimum atomic E-state index is -0.0605. The molecule has 0 saturated heterocycles. The molecule has 5 nitrogen and oxygen atoms in total. The molecule has 8 aromatic rings. The van der Waals surface area contributed by atoms with E-state index in [1.165, 1.54) is 33.4 Å². The Morgan fingerprint density at radius 2 is 1.12 bits per heavy atom. The van der Waals surface area contributed by atoms with Crippen molar-refractivity contribution in [1.82, 2.24) is 18.7 Å². The molecule has 6 aromatic carbocycles. The number of fused-ring (bicyclic) bond motifs is 4. The van der Waals surface area contributed by atoms with Crippen LogP contribution >= 0.6 is 0 Å². The Bertz CT molecular complexity index is 3300. The number of ether oxygens (including phenoxy) is 1. The SMILES string of the molecule is CC(C)(C)c1cccc(-c2cccc3c2[N+](c2cc(C(C)(C)C)cc(C(C)(C)C)c2)=C=[N+]3c2[c-]c(Oc3[c-]c4c(cc3)c3cc(C(C)(C)C)ccc3n4-c3cc(C(C)(C)C)ccn3)ccc2)c1.[Pt+2]. The zero-order valence-corrected chi connectivity index (χ0v) is 44.9. The average Bonchev–Trinajstić information content (AvgIpc) is 3.81. The van der Waals surface area contributed by atoms with Gasteiger partial charge in [-0.2, -0.15) is 12.1 Å². The van der Waals surface area contributed by atoms with Gasteiger partial charge in [0, 0.05) is 41.4 Å². The van der Waals surface area contributed by atoms with E-state index in [0.717, 1.165) is 55.9 Å². The third-order valence-electron chi connectivity index (χ3n) is 13.2. The number of benzene rings is 6. The molecule has 0 aliphatic carbocycles. The maximum absolute atomic E-state index is 6.76. The Balaban J connectivity index is 0.00000625. The second-order valence-corrected chi connectivity index (χ2v) is 23.6. The van der Waals surface area contributed by atoms with Crippen molar-refractivity contribution in [3.05, 3.63) is 167 Å². The van der Waals surface area contributed by atoms with Crippen molar-refractivity contribution < 1.29 is 25.8 Å². The van der Waals surface area contributed by atoms with Gasteiger partial charge >= 0.3 is 32.8 Å². The predicted octanol–water partition coefficient (Wildman–Crippen LogP) is 16.6. The van der Waals surface area contributed by atoms with Gasteiger partial charge in [-0.3, -0.25) is 0 Å². The summed E-state index contributed by atoms with van der Waals surface area (Å²) in [6.45, 7) is 34.1. The van der Waals surface area contributed by atoms with Crippen molar-refractivity contribution >= 4 is 50.6 Å². The molecule has 0 amide bonds. The predicted molar refractivity (Wildman–Crippen MR) is 282 cm³/mol. The summed E-state index contributed by atoms with van der Waals surface area (Å²) in [6.07, 6.45) is 1.92. The van der Waals surface area contributed by atoms with Crippen LogP contribution in [0.2, 0.25) is 0 Å². The van der Waals surface area contributed by atoms with Crippen LogP contribution in [0.1, 0.15) is 132 Å². The molecule has 1 aliphatic heterocycles. The summed E-state index contributed by atoms with van der Waals surface area (Å²) in [5, 5.41) is 2.26. The topological polar surface area (TPSA) is 33.1 Å². The van der Waals surface area contributed by atoms with Gasteiger partial charge in [-0.1, -0.05) is 175 Å². The summed E-state index contributed by atoms with van der Waals surface area (Å²) in [7, 11) is 0. The van der Waals surface area contributed by atoms with Gasteiger partial charge in [0.1, 0.15) is 11.5 Å². The summed E-state index contributed by atoms with van der Waals surface area (Å²) in [5.74, 6) is 2.03. The number of hydrogen-bond donors (Lipinski definition) is 0. The van der Waals surface area contributed by atoms with Gasteiger partial charge in [-0.15, -0.1) is 23.6 Å². The molecule has 68 heavy (non-hydrogen) atoms. The van der Waals surface area contributed by atoms with Crippen LogP contribution in [-0.2, 0) is 48.1 Å². The zero-order chi connectivity index (χ0) is 48.0. The van der Waals surface area contributed by atoms with E-state index in [0.29, 0.717) is 11.5 Å². The molecule has 6 heteroatoms. The van der Waals surface area contributed by atoms with Gasteiger partial charge in [0.25, 0.3) is 5.69 Å². The van der Waals surface area contributed by atoms with Crippen LogP contribution in [0.25, 0.3) is 38.8 Å². The normalized spacial score (nSPS) is 13.3. The molecule has 0 atom stereocenters. The van der Waals surface area contributed by atoms with E-state index in [-0.39, 0.29) is 48.1 Å². The van der Waals surface area contributed by atoms with Crippen LogP contribution in [0.5, 0.6) is 11.5 Å². The molecular formula is C62H66N4OPt+2. The van der Waals surface area contributed by atoms with Crippen molar-refractivity contribution in [2.24, 2.45) is 0 Å². The Hall–Kier alpha value is -5.86. The van der Waals surface area contributed by atoms with Gasteiger partial charge in [0.15, 0.2) is 0 Å². The van der Waals surface area contributed by atoms with Gasteiger partial charge < -0.3 is 9.30 Å². The Morgan fingerprint density at radius 1 is 0.515 bits per heavy atom. The Kier molecular flexibility index (Phi) is 12.3. The van der Waals surface area contributed by atoms with E-state index in [9.17, 15) is 0 Å². The average molecular weight is 1080 g/mol. The summed E-state index contributed by atoms with van der Waals surface area (Å²) >= 11 is 0. The number of hydrogen-bond acceptors (Lipinski definition) is 2. The first kappa shape index (κ1) is 48.6. The second kappa shape index (κ2) is 17.3. The molecule has 1 aliphatic rings. The number of rotatable bonds is 6. The smallest absolute Gasteiger partial charge is 0.509 e. The molecular weight excluding hydrogens is 1010 g/mol. The van der Waals surface area contributed by atoms with Crippen molar-refractivity contribution in [3.63, 3.8) is 0 Å². The largest absolute Gasteiger partial charge is 2.00 e. The summed E-state index contributed by atoms with van der Waals surface area (Å²) in [6, 6.07) is 55.2. The minimum Gasteiger partial charge on any atom is -0.509 e. The van der Waals surface area contributed by atoms with Crippen LogP contribution < -0.4 is 13.9 Å². The van der Waals surface area contributed by atoms with Gasteiger partial charge in [0.2, 0.25) is 5.69 Å². The van der Waals surface area contributed by atoms with Crippen molar-refractivity contribution in [2.75, 3.05) is 0 Å². The number of pyridine rings is 1. The molecule has 2 aromatic heterocycles. The summed E-state index contributed by atoms with van der Waals surface area (Å²) in [5.41, 5.74) is 14.5. The van der Waals surface area contributed by atoms with Crippen LogP contribution in [0.3, 0.4) is 0 Å². The molecule has 9 rings (SSSR count). The molecule has 0 unspecified atom stereocenters. The molecule has 0 fully saturated rings. The summed E-state index contributed by atoms with van der Waals surface area (Å²) < 4.78 is 13.4. The fraction of sp³-hybridized carbons (Fsp3) is 0.323. The quantitative estimate of drug-likeness (QED) is 0.123. The molecule has 0 saturated carbocycles. The van der Waals surface area contributed by atoms with Gasteiger partial charge in [-0.05, 0) is 94.7 Å². The van der Waals surface area contributed by atoms with Crippen LogP contribution in [0.4, 0.5) is 22.7 Å². The van der Waals surface area contributed by atoms with Gasteiger partial charge in [-0.25, -0.2) is 4.98 Å². The molecule has 348 valence electrons. The number of nitrogens with zero attached hydrogens (tertiary/aromatic N) is 4. The first-order chi connectivity index (χ1) is 31.3. The van der Waals surface area contributed by atoms with E-state index < -0.39 is 0 Å². The Morgan fingerprint density at radius 3 is 1.78 bits per heavy atom. The molecule has 0 bridgehead atoms. The first-order valence-corrected chi connectivity index (χ1v) is 23.8. The van der Waals surface area contributed by atoms with Crippen LogP contribution in [-0.4, -0.2) is 15.6 Å². The van der Waals surface area contributed by atoms with Crippen molar-refractivity contribution in [1.29, 1.82) is 0 Å². The van der Waals surface area contributed by atoms with E-state index >= 15 is 0 Å². The van der Waals surface area contributed by atoms with E-state index in [4.69, 9.17) is 9.72 Å². The van der Waals surface area contributed by atoms with Crippen LogP contribution in [0, 0.1) is 12.1 Å². The minimum absolute atomic E-state index is 0. The van der Waals surface area contributed by atoms with Crippen molar-refractivity contribution in [3.8, 4) is 28.4 Å². The molecule has 0 spiro atoms. The number of para-hydroxylation sites is 1.